The molecule has 0 aliphatic heterocycles. The van der Waals surface area contributed by atoms with Gasteiger partial charge in [-0.15, -0.1) is 10.2 Å². The molecule has 0 aliphatic carbocycles. The van der Waals surface area contributed by atoms with Crippen molar-refractivity contribution in [2.75, 3.05) is 27.1 Å². The molecular formula is C25H24N4O4S3. The third kappa shape index (κ3) is 6.48. The molecule has 1 heterocycles. The van der Waals surface area contributed by atoms with Gasteiger partial charge in [0.2, 0.25) is 5.75 Å². The van der Waals surface area contributed by atoms with Crippen LogP contribution >= 0.6 is 34.9 Å². The minimum absolute atomic E-state index is 0.176. The van der Waals surface area contributed by atoms with Gasteiger partial charge < -0.3 is 14.2 Å². The number of methoxy groups -OCH3 is 3. The molecule has 1 aromatic heterocycles. The standard InChI is InChI=1S/C25H24N4O4S3/c1-31-20-11-16(12-21(32-2)23(20)33-3)13-26-27-22(30)15-35-25-29-28-24(36-25)34-14-18-9-6-8-17-7-4-5-10-19(17)18/h4-13H,14-15H2,1-3H3,(H,27,30). The fourth-order valence-electron chi connectivity index (χ4n) is 3.39. The van der Waals surface area contributed by atoms with Crippen molar-refractivity contribution in [2.45, 2.75) is 14.4 Å². The summed E-state index contributed by atoms with van der Waals surface area (Å²) in [5.41, 5.74) is 4.47. The van der Waals surface area contributed by atoms with E-state index < -0.39 is 0 Å². The third-order valence-corrected chi connectivity index (χ3v) is 8.27. The first kappa shape index (κ1) is 25.8. The molecule has 0 saturated heterocycles. The van der Waals surface area contributed by atoms with Crippen LogP contribution in [0.25, 0.3) is 10.8 Å². The number of nitrogens with zero attached hydrogens (tertiary/aromatic N) is 3. The number of fused-ring (bicyclic) bond motifs is 1. The highest BCUT2D eigenvalue weighted by molar-refractivity contribution is 8.03. The SMILES string of the molecule is COc1cc(C=NNC(=O)CSc2nnc(SCc3cccc4ccccc34)s2)cc(OC)c1OC. The number of carbonyl (C=O) groups is 1. The highest BCUT2D eigenvalue weighted by atomic mass is 32.2. The molecule has 3 aromatic carbocycles. The number of aromatic nitrogens is 2. The molecule has 1 amide bonds. The summed E-state index contributed by atoms with van der Waals surface area (Å²) >= 11 is 4.45. The van der Waals surface area contributed by atoms with Gasteiger partial charge in [-0.1, -0.05) is 77.3 Å². The minimum atomic E-state index is -0.246. The number of benzene rings is 3. The van der Waals surface area contributed by atoms with Crippen molar-refractivity contribution in [1.82, 2.24) is 15.6 Å². The molecule has 8 nitrogen and oxygen atoms in total. The third-order valence-electron chi connectivity index (χ3n) is 5.04. The average Bonchev–Trinajstić information content (AvgIpc) is 3.38. The summed E-state index contributed by atoms with van der Waals surface area (Å²) in [7, 11) is 4.62. The summed E-state index contributed by atoms with van der Waals surface area (Å²) in [6.07, 6.45) is 1.51. The number of hydrogen-bond donors (Lipinski definition) is 1. The van der Waals surface area contributed by atoms with E-state index in [0.717, 1.165) is 14.4 Å². The Morgan fingerprint density at radius 1 is 0.972 bits per heavy atom. The molecule has 0 saturated carbocycles. The molecule has 0 unspecified atom stereocenters. The number of hydrazone groups is 1. The molecule has 4 aromatic rings. The number of ether oxygens (including phenoxy) is 3. The van der Waals surface area contributed by atoms with E-state index in [1.165, 1.54) is 67.0 Å². The summed E-state index contributed by atoms with van der Waals surface area (Å²) in [6, 6.07) is 18.1. The molecule has 36 heavy (non-hydrogen) atoms. The predicted octanol–water partition coefficient (Wildman–Crippen LogP) is 5.25. The number of thioether (sulfide) groups is 2. The van der Waals surface area contributed by atoms with Crippen LogP contribution < -0.4 is 19.6 Å². The van der Waals surface area contributed by atoms with Crippen LogP contribution in [0, 0.1) is 0 Å². The van der Waals surface area contributed by atoms with Gasteiger partial charge in [-0.2, -0.15) is 5.10 Å². The van der Waals surface area contributed by atoms with Gasteiger partial charge in [0.05, 0.1) is 33.3 Å². The maximum absolute atomic E-state index is 12.2. The number of amides is 1. The lowest BCUT2D eigenvalue weighted by Gasteiger charge is -2.12. The van der Waals surface area contributed by atoms with Crippen LogP contribution in [-0.4, -0.2) is 49.4 Å². The first-order valence-electron chi connectivity index (χ1n) is 10.8. The fourth-order valence-corrected chi connectivity index (χ4v) is 6.20. The Bertz CT molecular complexity index is 1350. The average molecular weight is 541 g/mol. The Morgan fingerprint density at radius 2 is 1.67 bits per heavy atom. The summed E-state index contributed by atoms with van der Waals surface area (Å²) in [5, 5.41) is 14.9. The van der Waals surface area contributed by atoms with Gasteiger partial charge in [0, 0.05) is 11.3 Å². The number of carbonyl (C=O) groups excluding carboxylic acids is 1. The highest BCUT2D eigenvalue weighted by Gasteiger charge is 2.13. The van der Waals surface area contributed by atoms with E-state index in [9.17, 15) is 4.79 Å². The molecular weight excluding hydrogens is 517 g/mol. The summed E-state index contributed by atoms with van der Waals surface area (Å²) in [5.74, 6) is 2.23. The van der Waals surface area contributed by atoms with Gasteiger partial charge >= 0.3 is 0 Å². The van der Waals surface area contributed by atoms with Gasteiger partial charge in [-0.3, -0.25) is 4.79 Å². The lowest BCUT2D eigenvalue weighted by atomic mass is 10.1. The Balaban J connectivity index is 1.27. The quantitative estimate of drug-likeness (QED) is 0.157. The van der Waals surface area contributed by atoms with Crippen molar-refractivity contribution < 1.29 is 19.0 Å². The van der Waals surface area contributed by atoms with E-state index in [4.69, 9.17) is 14.2 Å². The Labute approximate surface area is 221 Å². The smallest absolute Gasteiger partial charge is 0.250 e. The van der Waals surface area contributed by atoms with Crippen LogP contribution in [0.15, 0.2) is 68.4 Å². The second-order valence-electron chi connectivity index (χ2n) is 7.30. The second kappa shape index (κ2) is 12.6. The Hall–Kier alpha value is -3.28. The van der Waals surface area contributed by atoms with Crippen LogP contribution in [0.1, 0.15) is 11.1 Å². The van der Waals surface area contributed by atoms with Crippen LogP contribution in [0.4, 0.5) is 0 Å². The summed E-state index contributed by atoms with van der Waals surface area (Å²) < 4.78 is 17.6. The number of rotatable bonds is 11. The molecule has 0 bridgehead atoms. The molecule has 4 rings (SSSR count). The topological polar surface area (TPSA) is 94.9 Å². The van der Waals surface area contributed by atoms with Crippen molar-refractivity contribution in [1.29, 1.82) is 0 Å². The maximum Gasteiger partial charge on any atom is 0.250 e. The monoisotopic (exact) mass is 540 g/mol. The van der Waals surface area contributed by atoms with Gasteiger partial charge in [0.25, 0.3) is 5.91 Å². The van der Waals surface area contributed by atoms with Crippen molar-refractivity contribution in [3.8, 4) is 17.2 Å². The van der Waals surface area contributed by atoms with Gasteiger partial charge in [0.15, 0.2) is 20.2 Å². The second-order valence-corrected chi connectivity index (χ2v) is 10.7. The lowest BCUT2D eigenvalue weighted by Crippen LogP contribution is -2.19. The molecule has 186 valence electrons. The van der Waals surface area contributed by atoms with E-state index in [2.05, 4.69) is 57.1 Å². The fraction of sp³-hybridized carbons (Fsp3) is 0.200. The largest absolute Gasteiger partial charge is 0.493 e. The van der Waals surface area contributed by atoms with E-state index in [0.29, 0.717) is 22.8 Å². The Morgan fingerprint density at radius 3 is 2.39 bits per heavy atom. The zero-order chi connectivity index (χ0) is 25.3. The van der Waals surface area contributed by atoms with Crippen LogP contribution in [0.5, 0.6) is 17.2 Å². The predicted molar refractivity (Wildman–Crippen MR) is 146 cm³/mol. The summed E-state index contributed by atoms with van der Waals surface area (Å²) in [4.78, 5) is 12.2. The number of hydrogen-bond acceptors (Lipinski definition) is 10. The number of nitrogens with one attached hydrogen (secondary N) is 1. The van der Waals surface area contributed by atoms with E-state index in [1.807, 2.05) is 6.07 Å². The maximum atomic E-state index is 12.2. The van der Waals surface area contributed by atoms with Crippen LogP contribution in [0.2, 0.25) is 0 Å². The van der Waals surface area contributed by atoms with Crippen LogP contribution in [-0.2, 0) is 10.5 Å². The zero-order valence-corrected chi connectivity index (χ0v) is 22.3. The van der Waals surface area contributed by atoms with E-state index >= 15 is 0 Å². The first-order chi connectivity index (χ1) is 17.6. The normalized spacial score (nSPS) is 11.1. The Kier molecular flexibility index (Phi) is 9.04. The first-order valence-corrected chi connectivity index (χ1v) is 13.6. The summed E-state index contributed by atoms with van der Waals surface area (Å²) in [6.45, 7) is 0. The molecule has 0 spiro atoms. The molecule has 1 N–H and O–H groups in total. The van der Waals surface area contributed by atoms with Crippen molar-refractivity contribution in [3.05, 3.63) is 65.7 Å². The molecule has 0 atom stereocenters. The lowest BCUT2D eigenvalue weighted by molar-refractivity contribution is -0.118. The van der Waals surface area contributed by atoms with Crippen molar-refractivity contribution in [2.24, 2.45) is 5.10 Å². The zero-order valence-electron chi connectivity index (χ0n) is 19.9. The van der Waals surface area contributed by atoms with Gasteiger partial charge in [0.1, 0.15) is 0 Å². The minimum Gasteiger partial charge on any atom is -0.493 e. The van der Waals surface area contributed by atoms with Crippen molar-refractivity contribution >= 4 is 57.8 Å². The highest BCUT2D eigenvalue weighted by Crippen LogP contribution is 2.37. The van der Waals surface area contributed by atoms with Gasteiger partial charge in [-0.05, 0) is 28.5 Å². The van der Waals surface area contributed by atoms with Gasteiger partial charge in [-0.25, -0.2) is 5.43 Å². The van der Waals surface area contributed by atoms with Crippen molar-refractivity contribution in [3.63, 3.8) is 0 Å². The van der Waals surface area contributed by atoms with E-state index in [-0.39, 0.29) is 11.7 Å². The molecule has 11 heteroatoms. The van der Waals surface area contributed by atoms with E-state index in [1.54, 1.807) is 23.9 Å². The molecule has 0 fully saturated rings. The van der Waals surface area contributed by atoms with Crippen LogP contribution in [0.3, 0.4) is 0 Å². The molecule has 0 aliphatic rings. The molecule has 0 radical (unpaired) electrons.